The Hall–Kier alpha value is -5.42. The number of benzene rings is 6. The Morgan fingerprint density at radius 3 is 0.820 bits per heavy atom. The van der Waals surface area contributed by atoms with E-state index in [9.17, 15) is 0 Å². The van der Waals surface area contributed by atoms with Crippen LogP contribution in [-0.4, -0.2) is 27.2 Å². The molecule has 8 nitrogen and oxygen atoms in total. The number of rotatable bonds is 7. The van der Waals surface area contributed by atoms with Gasteiger partial charge in [-0.25, -0.2) is 0 Å². The minimum absolute atomic E-state index is 0.0295. The molecule has 0 saturated carbocycles. The molecule has 0 aliphatic carbocycles. The summed E-state index contributed by atoms with van der Waals surface area (Å²) in [6.45, 7) is 0.172. The number of hydrogen-bond acceptors (Lipinski definition) is 8. The Morgan fingerprint density at radius 1 is 0.280 bits per heavy atom. The quantitative estimate of drug-likeness (QED) is 0.194. The lowest BCUT2D eigenvalue weighted by Crippen LogP contribution is -2.27. The highest BCUT2D eigenvalue weighted by molar-refractivity contribution is 7.81. The number of ether oxygens (including phenoxy) is 8. The summed E-state index contributed by atoms with van der Waals surface area (Å²) in [4.78, 5) is 0. The largest absolute Gasteiger partial charge is 0.453 e. The first-order valence-electron chi connectivity index (χ1n) is 16.2. The van der Waals surface area contributed by atoms with E-state index < -0.39 is 15.8 Å². The van der Waals surface area contributed by atoms with Crippen molar-refractivity contribution in [3.8, 4) is 57.1 Å². The smallest absolute Gasteiger partial charge is 0.231 e. The van der Waals surface area contributed by atoms with Crippen LogP contribution in [0.5, 0.6) is 46.0 Å². The molecule has 0 amide bonds. The lowest BCUT2D eigenvalue weighted by molar-refractivity contribution is 0.157. The lowest BCUT2D eigenvalue weighted by atomic mass is 10.00. The molecule has 4 aliphatic rings. The molecule has 4 heterocycles. The predicted octanol–water partition coefficient (Wildman–Crippen LogP) is 5.78. The van der Waals surface area contributed by atoms with Gasteiger partial charge in [0.1, 0.15) is 0 Å². The van der Waals surface area contributed by atoms with Crippen molar-refractivity contribution in [3.05, 3.63) is 121 Å². The Bertz CT molecular complexity index is 1990. The SMILES string of the molecule is c1ccc(P(c2ccccc2)c2c3c(c4c(c2-c2c5c(c6c(c2P(c2ccccc2)c2ccccc2)OCO6)OCO5)OCO4)OCO3)cc1. The minimum Gasteiger partial charge on any atom is -0.453 e. The standard InChI is InChI=1S/C40H28O8P2/c1-5-13-25(14-6-1)49(26-15-7-2-8-16-26)39-29(31-33(43-21-41-31)35-37(39)47-23-45-35)30-32-34(44-22-42-32)36-38(48-24-46-36)40(30)50(27-17-9-3-10-18-27)28-19-11-4-12-20-28/h1-20H,21-24H2. The molecule has 4 aliphatic heterocycles. The van der Waals surface area contributed by atoms with E-state index in [1.807, 2.05) is 24.3 Å². The lowest BCUT2D eigenvalue weighted by Gasteiger charge is -2.29. The van der Waals surface area contributed by atoms with Crippen LogP contribution < -0.4 is 69.7 Å². The first kappa shape index (κ1) is 29.5. The molecule has 0 aromatic heterocycles. The van der Waals surface area contributed by atoms with Gasteiger partial charge in [0.05, 0.1) is 0 Å². The predicted molar refractivity (Wildman–Crippen MR) is 194 cm³/mol. The third-order valence-electron chi connectivity index (χ3n) is 8.98. The molecule has 0 saturated heterocycles. The fraction of sp³-hybridized carbons (Fsp3) is 0.100. The van der Waals surface area contributed by atoms with Gasteiger partial charge >= 0.3 is 0 Å². The molecule has 10 heteroatoms. The second-order valence-electron chi connectivity index (χ2n) is 11.7. The summed E-state index contributed by atoms with van der Waals surface area (Å²) in [6.07, 6.45) is 0. The zero-order chi connectivity index (χ0) is 33.0. The van der Waals surface area contributed by atoms with Crippen molar-refractivity contribution in [2.75, 3.05) is 27.2 Å². The second kappa shape index (κ2) is 12.2. The molecule has 0 atom stereocenters. The van der Waals surface area contributed by atoms with Gasteiger partial charge in [-0.2, -0.15) is 0 Å². The van der Waals surface area contributed by atoms with Gasteiger partial charge in [-0.15, -0.1) is 0 Å². The van der Waals surface area contributed by atoms with Crippen LogP contribution in [0.4, 0.5) is 0 Å². The highest BCUT2D eigenvalue weighted by Gasteiger charge is 2.45. The summed E-state index contributed by atoms with van der Waals surface area (Å²) in [7, 11) is -2.51. The minimum atomic E-state index is -1.25. The van der Waals surface area contributed by atoms with Crippen LogP contribution in [0.25, 0.3) is 11.1 Å². The number of fused-ring (bicyclic) bond motifs is 6. The maximum absolute atomic E-state index is 6.49. The zero-order valence-corrected chi connectivity index (χ0v) is 28.3. The number of hydrogen-bond donors (Lipinski definition) is 0. The molecule has 6 aromatic rings. The molecule has 246 valence electrons. The van der Waals surface area contributed by atoms with E-state index in [-0.39, 0.29) is 27.2 Å². The summed E-state index contributed by atoms with van der Waals surface area (Å²) in [5.74, 6) is 4.49. The van der Waals surface area contributed by atoms with Crippen molar-refractivity contribution >= 4 is 47.7 Å². The van der Waals surface area contributed by atoms with Gasteiger partial charge in [-0.1, -0.05) is 121 Å². The molecular weight excluding hydrogens is 670 g/mol. The highest BCUT2D eigenvalue weighted by atomic mass is 31.1. The monoisotopic (exact) mass is 698 g/mol. The van der Waals surface area contributed by atoms with Crippen molar-refractivity contribution in [1.82, 2.24) is 0 Å². The van der Waals surface area contributed by atoms with E-state index in [0.29, 0.717) is 46.0 Å². The molecule has 0 bridgehead atoms. The highest BCUT2D eigenvalue weighted by Crippen LogP contribution is 2.63. The topological polar surface area (TPSA) is 73.8 Å². The molecule has 6 aromatic carbocycles. The maximum Gasteiger partial charge on any atom is 0.231 e. The normalized spacial score (nSPS) is 14.5. The van der Waals surface area contributed by atoms with Crippen LogP contribution in [0, 0.1) is 0 Å². The fourth-order valence-corrected chi connectivity index (χ4v) is 12.1. The first-order valence-corrected chi connectivity index (χ1v) is 18.9. The molecule has 0 fully saturated rings. The van der Waals surface area contributed by atoms with E-state index in [0.717, 1.165) is 43.0 Å². The first-order chi connectivity index (χ1) is 24.9. The average Bonchev–Trinajstić information content (AvgIpc) is 4.01. The van der Waals surface area contributed by atoms with Gasteiger partial charge in [-0.05, 0) is 37.1 Å². The summed E-state index contributed by atoms with van der Waals surface area (Å²) in [5.41, 5.74) is 1.60. The van der Waals surface area contributed by atoms with Gasteiger partial charge in [0.15, 0.2) is 23.0 Å². The van der Waals surface area contributed by atoms with Crippen molar-refractivity contribution in [2.45, 2.75) is 0 Å². The van der Waals surface area contributed by atoms with Gasteiger partial charge in [0.2, 0.25) is 50.2 Å². The van der Waals surface area contributed by atoms with Crippen LogP contribution in [0.15, 0.2) is 121 Å². The van der Waals surface area contributed by atoms with E-state index in [4.69, 9.17) is 37.9 Å². The summed E-state index contributed by atoms with van der Waals surface area (Å²) in [5, 5.41) is 6.41. The Balaban J connectivity index is 1.38. The van der Waals surface area contributed by atoms with E-state index in [2.05, 4.69) is 97.1 Å². The van der Waals surface area contributed by atoms with E-state index in [1.165, 1.54) is 0 Å². The average molecular weight is 699 g/mol. The summed E-state index contributed by atoms with van der Waals surface area (Å²) in [6, 6.07) is 42.1. The molecule has 0 spiro atoms. The van der Waals surface area contributed by atoms with Gasteiger partial charge in [0, 0.05) is 21.7 Å². The molecule has 0 N–H and O–H groups in total. The second-order valence-corrected chi connectivity index (χ2v) is 16.0. The van der Waals surface area contributed by atoms with Crippen molar-refractivity contribution in [3.63, 3.8) is 0 Å². The Kier molecular flexibility index (Phi) is 7.18. The fourth-order valence-electron chi connectivity index (χ4n) is 6.97. The molecule has 0 radical (unpaired) electrons. The molecule has 0 unspecified atom stereocenters. The zero-order valence-electron chi connectivity index (χ0n) is 26.5. The Morgan fingerprint density at radius 2 is 0.520 bits per heavy atom. The third-order valence-corrected chi connectivity index (χ3v) is 14.0. The maximum atomic E-state index is 6.49. The van der Waals surface area contributed by atoms with Crippen LogP contribution >= 0.6 is 15.8 Å². The summed E-state index contributed by atoms with van der Waals surface area (Å²) >= 11 is 0. The van der Waals surface area contributed by atoms with E-state index >= 15 is 0 Å². The molecular formula is C40H28O8P2. The van der Waals surface area contributed by atoms with Gasteiger partial charge in [-0.3, -0.25) is 0 Å². The van der Waals surface area contributed by atoms with Crippen LogP contribution in [0.2, 0.25) is 0 Å². The Labute approximate surface area is 290 Å². The van der Waals surface area contributed by atoms with Crippen molar-refractivity contribution in [1.29, 1.82) is 0 Å². The summed E-state index contributed by atoms with van der Waals surface area (Å²) < 4.78 is 50.6. The molecule has 10 rings (SSSR count). The van der Waals surface area contributed by atoms with Crippen LogP contribution in [-0.2, 0) is 0 Å². The van der Waals surface area contributed by atoms with Crippen LogP contribution in [0.1, 0.15) is 0 Å². The molecule has 50 heavy (non-hydrogen) atoms. The third kappa shape index (κ3) is 4.59. The van der Waals surface area contributed by atoms with Gasteiger partial charge < -0.3 is 37.9 Å². The van der Waals surface area contributed by atoms with Gasteiger partial charge in [0.25, 0.3) is 0 Å². The van der Waals surface area contributed by atoms with E-state index in [1.54, 1.807) is 0 Å². The van der Waals surface area contributed by atoms with Crippen LogP contribution in [0.3, 0.4) is 0 Å². The van der Waals surface area contributed by atoms with Crippen molar-refractivity contribution in [2.24, 2.45) is 0 Å². The van der Waals surface area contributed by atoms with Crippen molar-refractivity contribution < 1.29 is 37.9 Å².